The van der Waals surface area contributed by atoms with Crippen molar-refractivity contribution in [2.24, 2.45) is 0 Å². The van der Waals surface area contributed by atoms with Crippen molar-refractivity contribution in [1.29, 1.82) is 0 Å². The number of aromatic nitrogens is 3. The maximum Gasteiger partial charge on any atom is 0.322 e. The summed E-state index contributed by atoms with van der Waals surface area (Å²) in [6.45, 7) is -0.229. The van der Waals surface area contributed by atoms with E-state index in [1.165, 1.54) is 23.5 Å². The summed E-state index contributed by atoms with van der Waals surface area (Å²) < 4.78 is 0. The van der Waals surface area contributed by atoms with Gasteiger partial charge < -0.3 is 10.4 Å². The quantitative estimate of drug-likeness (QED) is 0.786. The number of carboxylic acid groups (broad SMARTS) is 1. The van der Waals surface area contributed by atoms with Crippen LogP contribution in [0.4, 0.5) is 5.95 Å². The fraction of sp³-hybridized carbons (Fsp3) is 0.167. The first-order valence-electron chi connectivity index (χ1n) is 5.66. The molecule has 1 aromatic carbocycles. The van der Waals surface area contributed by atoms with Crippen LogP contribution in [-0.2, 0) is 4.79 Å². The molecule has 0 unspecified atom stereocenters. The lowest BCUT2D eigenvalue weighted by molar-refractivity contribution is -0.134. The Morgan fingerprint density at radius 1 is 1.20 bits per heavy atom. The zero-order valence-corrected chi connectivity index (χ0v) is 12.2. The predicted molar refractivity (Wildman–Crippen MR) is 78.3 cm³/mol. The van der Waals surface area contributed by atoms with E-state index in [-0.39, 0.29) is 12.5 Å². The Bertz CT molecular complexity index is 595. The third-order valence-corrected chi connectivity index (χ3v) is 3.55. The van der Waals surface area contributed by atoms with Crippen molar-refractivity contribution in [3.05, 3.63) is 30.3 Å². The smallest absolute Gasteiger partial charge is 0.322 e. The monoisotopic (exact) mass is 308 g/mol. The van der Waals surface area contributed by atoms with Crippen LogP contribution < -0.4 is 5.32 Å². The Morgan fingerprint density at radius 3 is 2.55 bits per heavy atom. The van der Waals surface area contributed by atoms with Gasteiger partial charge in [-0.15, -0.1) is 0 Å². The summed E-state index contributed by atoms with van der Waals surface area (Å²) in [6.07, 6.45) is 1.85. The van der Waals surface area contributed by atoms with Crippen LogP contribution in [-0.4, -0.2) is 38.8 Å². The molecule has 0 aliphatic carbocycles. The summed E-state index contributed by atoms with van der Waals surface area (Å²) in [5.74, 6) is -0.696. The molecule has 0 fully saturated rings. The standard InChI is InChI=1S/C12H12N4O2S2/c1-19-11-14-10(13-7-9(17)18)15-12(16-11)20-8-5-3-2-4-6-8/h2-6H,7H2,1H3,(H,17,18)(H,13,14,15,16). The highest BCUT2D eigenvalue weighted by Gasteiger charge is 2.08. The Labute approximate surface area is 124 Å². The minimum atomic E-state index is -0.964. The number of thioether (sulfide) groups is 1. The number of nitrogens with one attached hydrogen (secondary N) is 1. The molecule has 2 rings (SSSR count). The van der Waals surface area contributed by atoms with E-state index in [9.17, 15) is 4.79 Å². The van der Waals surface area contributed by atoms with Crippen LogP contribution in [0, 0.1) is 0 Å². The van der Waals surface area contributed by atoms with E-state index in [1.54, 1.807) is 0 Å². The lowest BCUT2D eigenvalue weighted by atomic mass is 10.4. The summed E-state index contributed by atoms with van der Waals surface area (Å²) in [5.41, 5.74) is 0. The second-order valence-corrected chi connectivity index (χ2v) is 5.40. The highest BCUT2D eigenvalue weighted by atomic mass is 32.2. The van der Waals surface area contributed by atoms with Crippen LogP contribution in [0.15, 0.2) is 45.5 Å². The second kappa shape index (κ2) is 7.11. The first kappa shape index (κ1) is 14.6. The number of hydrogen-bond acceptors (Lipinski definition) is 7. The van der Waals surface area contributed by atoms with Crippen LogP contribution in [0.1, 0.15) is 0 Å². The van der Waals surface area contributed by atoms with Gasteiger partial charge >= 0.3 is 5.97 Å². The van der Waals surface area contributed by atoms with E-state index in [2.05, 4.69) is 20.3 Å². The summed E-state index contributed by atoms with van der Waals surface area (Å²) in [4.78, 5) is 24.2. The fourth-order valence-corrected chi connectivity index (χ4v) is 2.48. The fourth-order valence-electron chi connectivity index (χ4n) is 1.30. The van der Waals surface area contributed by atoms with Gasteiger partial charge in [0.1, 0.15) is 6.54 Å². The van der Waals surface area contributed by atoms with Crippen LogP contribution in [0.25, 0.3) is 0 Å². The number of carboxylic acids is 1. The summed E-state index contributed by atoms with van der Waals surface area (Å²) in [6, 6.07) is 9.71. The molecule has 104 valence electrons. The molecule has 6 nitrogen and oxygen atoms in total. The molecule has 0 aliphatic rings. The molecule has 0 atom stereocenters. The Balaban J connectivity index is 2.19. The first-order chi connectivity index (χ1) is 9.67. The highest BCUT2D eigenvalue weighted by Crippen LogP contribution is 2.26. The van der Waals surface area contributed by atoms with E-state index < -0.39 is 5.97 Å². The number of carbonyl (C=O) groups is 1. The van der Waals surface area contributed by atoms with E-state index >= 15 is 0 Å². The van der Waals surface area contributed by atoms with Crippen molar-refractivity contribution < 1.29 is 9.90 Å². The first-order valence-corrected chi connectivity index (χ1v) is 7.70. The zero-order valence-electron chi connectivity index (χ0n) is 10.6. The van der Waals surface area contributed by atoms with E-state index in [4.69, 9.17) is 5.11 Å². The number of rotatable bonds is 6. The number of anilines is 1. The van der Waals surface area contributed by atoms with E-state index in [0.717, 1.165) is 4.90 Å². The molecular formula is C12H12N4O2S2. The molecule has 0 saturated heterocycles. The molecule has 2 N–H and O–H groups in total. The van der Waals surface area contributed by atoms with Crippen molar-refractivity contribution in [2.45, 2.75) is 15.2 Å². The number of nitrogens with zero attached hydrogens (tertiary/aromatic N) is 3. The van der Waals surface area contributed by atoms with Gasteiger partial charge in [0.25, 0.3) is 0 Å². The third kappa shape index (κ3) is 4.39. The van der Waals surface area contributed by atoms with Gasteiger partial charge in [-0.05, 0) is 30.2 Å². The zero-order chi connectivity index (χ0) is 14.4. The molecule has 0 radical (unpaired) electrons. The van der Waals surface area contributed by atoms with Gasteiger partial charge in [0.05, 0.1) is 0 Å². The van der Waals surface area contributed by atoms with Crippen LogP contribution in [0.2, 0.25) is 0 Å². The van der Waals surface area contributed by atoms with Crippen LogP contribution in [0.3, 0.4) is 0 Å². The van der Waals surface area contributed by atoms with Gasteiger partial charge in [-0.3, -0.25) is 4.79 Å². The van der Waals surface area contributed by atoms with Crippen molar-refractivity contribution >= 4 is 35.4 Å². The van der Waals surface area contributed by atoms with Crippen molar-refractivity contribution in [3.63, 3.8) is 0 Å². The molecule has 0 saturated carbocycles. The minimum absolute atomic E-state index is 0.229. The summed E-state index contributed by atoms with van der Waals surface area (Å²) in [7, 11) is 0. The second-order valence-electron chi connectivity index (χ2n) is 3.59. The average Bonchev–Trinajstić information content (AvgIpc) is 2.46. The Hall–Kier alpha value is -1.80. The molecule has 8 heteroatoms. The molecule has 0 amide bonds. The summed E-state index contributed by atoms with van der Waals surface area (Å²) >= 11 is 2.78. The molecule has 2 aromatic rings. The number of hydrogen-bond donors (Lipinski definition) is 2. The molecular weight excluding hydrogens is 296 g/mol. The lowest BCUT2D eigenvalue weighted by Gasteiger charge is -2.06. The van der Waals surface area contributed by atoms with Gasteiger partial charge in [-0.1, -0.05) is 30.0 Å². The SMILES string of the molecule is CSc1nc(NCC(=O)O)nc(Sc2ccccc2)n1. The van der Waals surface area contributed by atoms with Gasteiger partial charge in [-0.25, -0.2) is 0 Å². The van der Waals surface area contributed by atoms with Gasteiger partial charge in [0.15, 0.2) is 10.3 Å². The molecule has 20 heavy (non-hydrogen) atoms. The van der Waals surface area contributed by atoms with Crippen LogP contribution in [0.5, 0.6) is 0 Å². The maximum atomic E-state index is 10.6. The minimum Gasteiger partial charge on any atom is -0.480 e. The molecule has 1 heterocycles. The van der Waals surface area contributed by atoms with Crippen LogP contribution >= 0.6 is 23.5 Å². The maximum absolute atomic E-state index is 10.6. The van der Waals surface area contributed by atoms with Crippen molar-refractivity contribution in [3.8, 4) is 0 Å². The summed E-state index contributed by atoms with van der Waals surface area (Å²) in [5, 5.41) is 12.4. The Kier molecular flexibility index (Phi) is 5.19. The largest absolute Gasteiger partial charge is 0.480 e. The highest BCUT2D eigenvalue weighted by molar-refractivity contribution is 7.99. The predicted octanol–water partition coefficient (Wildman–Crippen LogP) is 2.24. The average molecular weight is 308 g/mol. The number of aliphatic carboxylic acids is 1. The van der Waals surface area contributed by atoms with Crippen molar-refractivity contribution in [2.75, 3.05) is 18.1 Å². The van der Waals surface area contributed by atoms with E-state index in [1.807, 2.05) is 36.6 Å². The third-order valence-electron chi connectivity index (χ3n) is 2.13. The van der Waals surface area contributed by atoms with Gasteiger partial charge in [0.2, 0.25) is 5.95 Å². The molecule has 1 aromatic heterocycles. The molecule has 0 aliphatic heterocycles. The molecule has 0 spiro atoms. The van der Waals surface area contributed by atoms with Crippen molar-refractivity contribution in [1.82, 2.24) is 15.0 Å². The van der Waals surface area contributed by atoms with E-state index in [0.29, 0.717) is 10.3 Å². The van der Waals surface area contributed by atoms with Gasteiger partial charge in [-0.2, -0.15) is 15.0 Å². The lowest BCUT2D eigenvalue weighted by Crippen LogP contribution is -2.15. The Morgan fingerprint density at radius 2 is 1.90 bits per heavy atom. The number of benzene rings is 1. The molecule has 0 bridgehead atoms. The normalized spacial score (nSPS) is 10.2. The topological polar surface area (TPSA) is 88.0 Å². The van der Waals surface area contributed by atoms with Gasteiger partial charge in [0, 0.05) is 4.90 Å².